The molecule has 1 fully saturated rings. The summed E-state index contributed by atoms with van der Waals surface area (Å²) in [6.07, 6.45) is 7.80. The Hall–Kier alpha value is -3.54. The standard InChI is InChI=1S/C25H26N4O2/c30-25(31-19-21-10-5-2-6-11-21)27-17-23-12-7-13-29(23)24(18-27)22-14-26-28(16-22)15-20-8-3-1-4-9-20/h1-6,8-11,14,16,18,23H,7,12-13,15,17,19H2/t23-/m0/s1. The normalized spacial score (nSPS) is 17.9. The van der Waals surface area contributed by atoms with Gasteiger partial charge in [-0.1, -0.05) is 60.7 Å². The first-order valence-electron chi connectivity index (χ1n) is 10.8. The van der Waals surface area contributed by atoms with Crippen molar-refractivity contribution in [2.24, 2.45) is 0 Å². The van der Waals surface area contributed by atoms with Crippen LogP contribution in [0.5, 0.6) is 0 Å². The lowest BCUT2D eigenvalue weighted by Crippen LogP contribution is -2.44. The number of aromatic nitrogens is 2. The van der Waals surface area contributed by atoms with Crippen molar-refractivity contribution in [3.05, 3.63) is 95.9 Å². The molecule has 1 atom stereocenters. The largest absolute Gasteiger partial charge is 0.444 e. The van der Waals surface area contributed by atoms with Crippen molar-refractivity contribution in [1.82, 2.24) is 19.6 Å². The Labute approximate surface area is 182 Å². The van der Waals surface area contributed by atoms with E-state index in [0.717, 1.165) is 42.8 Å². The van der Waals surface area contributed by atoms with Gasteiger partial charge < -0.3 is 9.64 Å². The number of carbonyl (C=O) groups excluding carboxylic acids is 1. The van der Waals surface area contributed by atoms with E-state index in [1.165, 1.54) is 5.56 Å². The molecule has 6 heteroatoms. The van der Waals surface area contributed by atoms with Gasteiger partial charge in [-0.2, -0.15) is 5.10 Å². The molecule has 3 heterocycles. The minimum atomic E-state index is -0.301. The molecule has 0 saturated carbocycles. The Morgan fingerprint density at radius 3 is 2.55 bits per heavy atom. The van der Waals surface area contributed by atoms with E-state index in [-0.39, 0.29) is 12.7 Å². The second-order valence-electron chi connectivity index (χ2n) is 8.11. The maximum absolute atomic E-state index is 12.8. The lowest BCUT2D eigenvalue weighted by atomic mass is 10.1. The molecule has 2 aromatic carbocycles. The van der Waals surface area contributed by atoms with Crippen LogP contribution in [0, 0.1) is 0 Å². The molecule has 5 rings (SSSR count). The molecule has 2 aliphatic rings. The zero-order chi connectivity index (χ0) is 21.0. The van der Waals surface area contributed by atoms with Gasteiger partial charge in [-0.15, -0.1) is 0 Å². The molecule has 3 aromatic rings. The van der Waals surface area contributed by atoms with E-state index in [0.29, 0.717) is 12.6 Å². The molecule has 0 bridgehead atoms. The maximum atomic E-state index is 12.8. The third-order valence-corrected chi connectivity index (χ3v) is 5.93. The minimum absolute atomic E-state index is 0.280. The molecule has 6 nitrogen and oxygen atoms in total. The van der Waals surface area contributed by atoms with E-state index in [1.54, 1.807) is 4.90 Å². The summed E-state index contributed by atoms with van der Waals surface area (Å²) in [6.45, 7) is 2.67. The number of benzene rings is 2. The van der Waals surface area contributed by atoms with E-state index in [9.17, 15) is 4.79 Å². The Morgan fingerprint density at radius 1 is 1.03 bits per heavy atom. The second-order valence-corrected chi connectivity index (χ2v) is 8.11. The van der Waals surface area contributed by atoms with Crippen molar-refractivity contribution in [2.75, 3.05) is 13.1 Å². The molecule has 1 saturated heterocycles. The summed E-state index contributed by atoms with van der Waals surface area (Å²) in [5.41, 5.74) is 4.27. The highest BCUT2D eigenvalue weighted by Crippen LogP contribution is 2.33. The summed E-state index contributed by atoms with van der Waals surface area (Å²) in [5, 5.41) is 4.56. The maximum Gasteiger partial charge on any atom is 0.414 e. The highest BCUT2D eigenvalue weighted by Gasteiger charge is 2.35. The number of rotatable bonds is 5. The van der Waals surface area contributed by atoms with Crippen molar-refractivity contribution in [3.63, 3.8) is 0 Å². The molecule has 1 aromatic heterocycles. The van der Waals surface area contributed by atoms with Crippen LogP contribution in [-0.4, -0.2) is 44.8 Å². The van der Waals surface area contributed by atoms with Gasteiger partial charge in [-0.05, 0) is 24.0 Å². The summed E-state index contributed by atoms with van der Waals surface area (Å²) >= 11 is 0. The van der Waals surface area contributed by atoms with Gasteiger partial charge in [0.05, 0.1) is 18.4 Å². The first-order valence-corrected chi connectivity index (χ1v) is 10.8. The molecule has 1 amide bonds. The number of hydrogen-bond donors (Lipinski definition) is 0. The van der Waals surface area contributed by atoms with Gasteiger partial charge in [0.25, 0.3) is 0 Å². The van der Waals surface area contributed by atoms with E-state index in [2.05, 4.69) is 28.3 Å². The molecule has 0 unspecified atom stereocenters. The van der Waals surface area contributed by atoms with Crippen LogP contribution in [0.1, 0.15) is 29.5 Å². The first-order chi connectivity index (χ1) is 15.3. The van der Waals surface area contributed by atoms with E-state index < -0.39 is 0 Å². The molecular formula is C25H26N4O2. The zero-order valence-corrected chi connectivity index (χ0v) is 17.4. The van der Waals surface area contributed by atoms with E-state index in [1.807, 2.05) is 65.6 Å². The highest BCUT2D eigenvalue weighted by molar-refractivity contribution is 5.74. The number of fused-ring (bicyclic) bond motifs is 1. The molecule has 31 heavy (non-hydrogen) atoms. The minimum Gasteiger partial charge on any atom is -0.444 e. The average Bonchev–Trinajstić information content (AvgIpc) is 3.48. The molecular weight excluding hydrogens is 388 g/mol. The molecule has 0 spiro atoms. The van der Waals surface area contributed by atoms with Crippen molar-refractivity contribution in [2.45, 2.75) is 32.0 Å². The Morgan fingerprint density at radius 2 is 1.77 bits per heavy atom. The molecule has 0 radical (unpaired) electrons. The fourth-order valence-corrected chi connectivity index (χ4v) is 4.37. The van der Waals surface area contributed by atoms with Crippen LogP contribution < -0.4 is 0 Å². The number of amides is 1. The summed E-state index contributed by atoms with van der Waals surface area (Å²) in [7, 11) is 0. The summed E-state index contributed by atoms with van der Waals surface area (Å²) in [4.78, 5) is 16.9. The predicted molar refractivity (Wildman–Crippen MR) is 119 cm³/mol. The Bertz CT molecular complexity index is 1060. The van der Waals surface area contributed by atoms with Gasteiger partial charge in [-0.25, -0.2) is 4.79 Å². The van der Waals surface area contributed by atoms with Gasteiger partial charge in [0, 0.05) is 37.1 Å². The molecule has 0 aliphatic carbocycles. The third kappa shape index (κ3) is 4.33. The van der Waals surface area contributed by atoms with E-state index in [4.69, 9.17) is 4.74 Å². The van der Waals surface area contributed by atoms with Gasteiger partial charge in [0.2, 0.25) is 0 Å². The summed E-state index contributed by atoms with van der Waals surface area (Å²) in [6, 6.07) is 20.4. The van der Waals surface area contributed by atoms with Crippen molar-refractivity contribution >= 4 is 11.8 Å². The summed E-state index contributed by atoms with van der Waals surface area (Å²) < 4.78 is 7.54. The lowest BCUT2D eigenvalue weighted by molar-refractivity contribution is 0.101. The molecule has 0 N–H and O–H groups in total. The van der Waals surface area contributed by atoms with Gasteiger partial charge >= 0.3 is 6.09 Å². The number of ether oxygens (including phenoxy) is 1. The van der Waals surface area contributed by atoms with Gasteiger partial charge in [0.1, 0.15) is 6.61 Å². The van der Waals surface area contributed by atoms with Crippen LogP contribution >= 0.6 is 0 Å². The SMILES string of the molecule is O=C(OCc1ccccc1)N1C=C(c2cnn(Cc3ccccc3)c2)N2CCC[C@H]2C1. The molecule has 2 aliphatic heterocycles. The smallest absolute Gasteiger partial charge is 0.414 e. The quantitative estimate of drug-likeness (QED) is 0.623. The summed E-state index contributed by atoms with van der Waals surface area (Å²) in [5.74, 6) is 0. The number of nitrogens with zero attached hydrogens (tertiary/aromatic N) is 4. The first kappa shape index (κ1) is 19.4. The highest BCUT2D eigenvalue weighted by atomic mass is 16.6. The Kier molecular flexibility index (Phi) is 5.44. The number of carbonyl (C=O) groups is 1. The van der Waals surface area contributed by atoms with Crippen LogP contribution in [0.3, 0.4) is 0 Å². The monoisotopic (exact) mass is 414 g/mol. The topological polar surface area (TPSA) is 50.6 Å². The fraction of sp³-hybridized carbons (Fsp3) is 0.280. The van der Waals surface area contributed by atoms with Crippen LogP contribution in [0.2, 0.25) is 0 Å². The number of hydrogen-bond acceptors (Lipinski definition) is 4. The zero-order valence-electron chi connectivity index (χ0n) is 17.4. The Balaban J connectivity index is 1.33. The van der Waals surface area contributed by atoms with Gasteiger partial charge in [-0.3, -0.25) is 9.58 Å². The van der Waals surface area contributed by atoms with Crippen LogP contribution in [-0.2, 0) is 17.9 Å². The fourth-order valence-electron chi connectivity index (χ4n) is 4.37. The van der Waals surface area contributed by atoms with E-state index >= 15 is 0 Å². The third-order valence-electron chi connectivity index (χ3n) is 5.93. The van der Waals surface area contributed by atoms with Crippen molar-refractivity contribution < 1.29 is 9.53 Å². The van der Waals surface area contributed by atoms with Crippen LogP contribution in [0.15, 0.2) is 79.3 Å². The van der Waals surface area contributed by atoms with Crippen molar-refractivity contribution in [3.8, 4) is 0 Å². The van der Waals surface area contributed by atoms with Crippen LogP contribution in [0.25, 0.3) is 5.70 Å². The average molecular weight is 415 g/mol. The lowest BCUT2D eigenvalue weighted by Gasteiger charge is -2.37. The van der Waals surface area contributed by atoms with Gasteiger partial charge in [0.15, 0.2) is 0 Å². The molecule has 158 valence electrons. The van der Waals surface area contributed by atoms with Crippen molar-refractivity contribution in [1.29, 1.82) is 0 Å². The van der Waals surface area contributed by atoms with Crippen LogP contribution in [0.4, 0.5) is 4.79 Å². The second kappa shape index (κ2) is 8.68. The predicted octanol–water partition coefficient (Wildman–Crippen LogP) is 4.35.